The van der Waals surface area contributed by atoms with Crippen LogP contribution in [0, 0.1) is 17.5 Å². The lowest BCUT2D eigenvalue weighted by Crippen LogP contribution is -2.29. The number of hydrogen-bond donors (Lipinski definition) is 1. The lowest BCUT2D eigenvalue weighted by molar-refractivity contribution is 0.544. The van der Waals surface area contributed by atoms with Gasteiger partial charge in [-0.3, -0.25) is 0 Å². The summed E-state index contributed by atoms with van der Waals surface area (Å²) in [5.74, 6) is -2.24. The van der Waals surface area contributed by atoms with E-state index in [0.717, 1.165) is 11.0 Å². The molecule has 24 heavy (non-hydrogen) atoms. The summed E-state index contributed by atoms with van der Waals surface area (Å²) in [4.78, 5) is 8.46. The van der Waals surface area contributed by atoms with Crippen molar-refractivity contribution >= 4 is 17.8 Å². The van der Waals surface area contributed by atoms with Crippen molar-refractivity contribution in [2.45, 2.75) is 13.0 Å². The molecule has 3 aromatic rings. The normalized spacial score (nSPS) is 14.7. The molecule has 0 fully saturated rings. The van der Waals surface area contributed by atoms with Crippen LogP contribution in [0.15, 0.2) is 18.5 Å². The first-order valence-corrected chi connectivity index (χ1v) is 7.25. The van der Waals surface area contributed by atoms with Gasteiger partial charge in [-0.15, -0.1) is 0 Å². The summed E-state index contributed by atoms with van der Waals surface area (Å²) in [7, 11) is 0. The number of hydrogen-bond acceptors (Lipinski definition) is 4. The fourth-order valence-electron chi connectivity index (χ4n) is 3.25. The van der Waals surface area contributed by atoms with Crippen LogP contribution in [0.25, 0.3) is 23.3 Å². The maximum absolute atomic E-state index is 14.2. The smallest absolute Gasteiger partial charge is 0.229 e. The van der Waals surface area contributed by atoms with Crippen LogP contribution in [-0.2, 0) is 6.54 Å². The summed E-state index contributed by atoms with van der Waals surface area (Å²) < 4.78 is 44.9. The Bertz CT molecular complexity index is 1100. The number of nitrogens with zero attached hydrogens (tertiary/aromatic N) is 5. The van der Waals surface area contributed by atoms with Crippen LogP contribution >= 0.6 is 0 Å². The van der Waals surface area contributed by atoms with Crippen molar-refractivity contribution in [2.24, 2.45) is 0 Å². The van der Waals surface area contributed by atoms with Gasteiger partial charge < -0.3 is 9.88 Å². The zero-order valence-corrected chi connectivity index (χ0v) is 12.1. The van der Waals surface area contributed by atoms with Crippen molar-refractivity contribution in [3.05, 3.63) is 46.6 Å². The molecule has 1 N–H and O–H groups in total. The van der Waals surface area contributed by atoms with Crippen LogP contribution in [0.2, 0.25) is 0 Å². The third kappa shape index (κ3) is 1.63. The van der Waals surface area contributed by atoms with Crippen LogP contribution in [0.5, 0.6) is 0 Å². The minimum atomic E-state index is -0.980. The number of rotatable bonds is 1. The van der Waals surface area contributed by atoms with Gasteiger partial charge in [0.1, 0.15) is 35.0 Å². The molecule has 2 aliphatic rings. The third-order valence-electron chi connectivity index (χ3n) is 4.21. The number of anilines is 1. The molecule has 120 valence electrons. The number of benzene rings is 1. The standard InChI is InChI=1S/C15H9F3N6/c16-7-3-8(17)12(9(18)4-7)14-22-10-5-19-15-20-6-21-24(15)11-1-2-23(14)13(10)11/h3-6H,1-2H2,(H,19,20,21). The van der Waals surface area contributed by atoms with Gasteiger partial charge in [0, 0.05) is 31.3 Å². The molecule has 0 spiro atoms. The topological polar surface area (TPSA) is 60.6 Å². The zero-order valence-electron chi connectivity index (χ0n) is 12.1. The van der Waals surface area contributed by atoms with Gasteiger partial charge >= 0.3 is 0 Å². The molecule has 0 amide bonds. The average molecular weight is 330 g/mol. The summed E-state index contributed by atoms with van der Waals surface area (Å²) in [6.45, 7) is 0.496. The minimum absolute atomic E-state index is 0.131. The first kappa shape index (κ1) is 13.3. The highest BCUT2D eigenvalue weighted by Gasteiger charge is 2.27. The molecule has 0 bridgehead atoms. The molecular formula is C15H9F3N6. The molecule has 0 saturated heterocycles. The van der Waals surface area contributed by atoms with Crippen molar-refractivity contribution in [3.8, 4) is 11.4 Å². The van der Waals surface area contributed by atoms with Gasteiger partial charge in [0.2, 0.25) is 5.95 Å². The van der Waals surface area contributed by atoms with Crippen molar-refractivity contribution in [1.29, 1.82) is 0 Å². The van der Waals surface area contributed by atoms with E-state index >= 15 is 0 Å². The number of nitrogens with one attached hydrogen (secondary N) is 1. The van der Waals surface area contributed by atoms with Gasteiger partial charge in [-0.25, -0.2) is 22.8 Å². The Hall–Kier alpha value is -3.10. The Labute approximate surface area is 132 Å². The summed E-state index contributed by atoms with van der Waals surface area (Å²) in [5.41, 5.74) is 0.512. The van der Waals surface area contributed by atoms with E-state index in [1.807, 2.05) is 0 Å². The van der Waals surface area contributed by atoms with Crippen molar-refractivity contribution < 1.29 is 13.2 Å². The van der Waals surface area contributed by atoms with Crippen LogP contribution in [0.3, 0.4) is 0 Å². The molecule has 5 rings (SSSR count). The van der Waals surface area contributed by atoms with Gasteiger partial charge in [0.15, 0.2) is 0 Å². The van der Waals surface area contributed by atoms with E-state index in [2.05, 4.69) is 20.4 Å². The van der Waals surface area contributed by atoms with E-state index in [4.69, 9.17) is 0 Å². The lowest BCUT2D eigenvalue weighted by Gasteiger charge is -2.06. The second-order valence-electron chi connectivity index (χ2n) is 5.55. The molecule has 0 aliphatic carbocycles. The summed E-state index contributed by atoms with van der Waals surface area (Å²) in [6, 6.07) is 1.31. The highest BCUT2D eigenvalue weighted by molar-refractivity contribution is 5.64. The Morgan fingerprint density at radius 2 is 1.92 bits per heavy atom. The minimum Gasteiger partial charge on any atom is -0.328 e. The summed E-state index contributed by atoms with van der Waals surface area (Å²) in [6.07, 6.45) is 3.66. The number of fused-ring (bicyclic) bond motifs is 2. The molecule has 0 radical (unpaired) electrons. The Balaban J connectivity index is 1.86. The molecule has 4 heterocycles. The first-order valence-electron chi connectivity index (χ1n) is 7.25. The molecule has 0 atom stereocenters. The Morgan fingerprint density at radius 3 is 2.71 bits per heavy atom. The van der Waals surface area contributed by atoms with Gasteiger partial charge in [-0.2, -0.15) is 10.1 Å². The highest BCUT2D eigenvalue weighted by Crippen LogP contribution is 2.27. The van der Waals surface area contributed by atoms with Gasteiger partial charge in [-0.1, -0.05) is 0 Å². The van der Waals surface area contributed by atoms with Crippen LogP contribution in [-0.4, -0.2) is 24.3 Å². The van der Waals surface area contributed by atoms with E-state index in [0.29, 0.717) is 36.4 Å². The molecule has 0 saturated carbocycles. The molecule has 9 heteroatoms. The van der Waals surface area contributed by atoms with Crippen LogP contribution in [0.1, 0.15) is 6.42 Å². The van der Waals surface area contributed by atoms with Crippen molar-refractivity contribution in [1.82, 2.24) is 24.3 Å². The quantitative estimate of drug-likeness (QED) is 0.716. The first-order chi connectivity index (χ1) is 11.6. The molecular weight excluding hydrogens is 321 g/mol. The van der Waals surface area contributed by atoms with E-state index in [1.165, 1.54) is 6.33 Å². The predicted octanol–water partition coefficient (Wildman–Crippen LogP) is 0.783. The summed E-state index contributed by atoms with van der Waals surface area (Å²) >= 11 is 0. The molecule has 2 aliphatic heterocycles. The maximum atomic E-state index is 14.2. The largest absolute Gasteiger partial charge is 0.328 e. The van der Waals surface area contributed by atoms with Crippen molar-refractivity contribution in [3.63, 3.8) is 0 Å². The monoisotopic (exact) mass is 330 g/mol. The second kappa shape index (κ2) is 4.47. The van der Waals surface area contributed by atoms with E-state index < -0.39 is 17.5 Å². The predicted molar refractivity (Wildman–Crippen MR) is 78.3 cm³/mol. The average Bonchev–Trinajstić information content (AvgIpc) is 3.19. The van der Waals surface area contributed by atoms with Crippen LogP contribution < -0.4 is 16.0 Å². The fraction of sp³-hybridized carbons (Fsp3) is 0.133. The van der Waals surface area contributed by atoms with Crippen LogP contribution in [0.4, 0.5) is 19.1 Å². The molecule has 0 unspecified atom stereocenters. The Kier molecular flexibility index (Phi) is 2.48. The maximum Gasteiger partial charge on any atom is 0.229 e. The van der Waals surface area contributed by atoms with E-state index in [1.54, 1.807) is 15.4 Å². The highest BCUT2D eigenvalue weighted by atomic mass is 19.1. The zero-order chi connectivity index (χ0) is 16.4. The molecule has 1 aromatic carbocycles. The number of imidazole rings is 1. The molecule has 6 nitrogen and oxygen atoms in total. The molecule has 2 aromatic heterocycles. The van der Waals surface area contributed by atoms with Gasteiger partial charge in [0.25, 0.3) is 0 Å². The Morgan fingerprint density at radius 1 is 1.12 bits per heavy atom. The van der Waals surface area contributed by atoms with Gasteiger partial charge in [0.05, 0.1) is 16.6 Å². The van der Waals surface area contributed by atoms with Crippen molar-refractivity contribution in [2.75, 3.05) is 5.32 Å². The fourth-order valence-corrected chi connectivity index (χ4v) is 3.25. The SMILES string of the molecule is Fc1cc(F)c(-c2nc3c4n2CCC=4n2ncnc2NC=3)c(F)c1. The van der Waals surface area contributed by atoms with Gasteiger partial charge in [-0.05, 0) is 0 Å². The lowest BCUT2D eigenvalue weighted by atomic mass is 10.2. The van der Waals surface area contributed by atoms with E-state index in [-0.39, 0.29) is 11.4 Å². The number of aromatic nitrogens is 5. The second-order valence-corrected chi connectivity index (χ2v) is 5.55. The number of halogens is 3. The third-order valence-corrected chi connectivity index (χ3v) is 4.21. The summed E-state index contributed by atoms with van der Waals surface area (Å²) in [5, 5.41) is 8.42. The van der Waals surface area contributed by atoms with E-state index in [9.17, 15) is 13.2 Å².